The lowest BCUT2D eigenvalue weighted by Gasteiger charge is -2.35. The molecule has 2 fully saturated rings. The van der Waals surface area contributed by atoms with Crippen LogP contribution in [0.15, 0.2) is 58.3 Å². The third kappa shape index (κ3) is 10.8. The minimum absolute atomic E-state index is 0.623. The van der Waals surface area contributed by atoms with Crippen LogP contribution in [0.25, 0.3) is 0 Å². The van der Waals surface area contributed by atoms with Gasteiger partial charge in [-0.25, -0.2) is 0 Å². The summed E-state index contributed by atoms with van der Waals surface area (Å²) in [7, 11) is 6.93. The van der Waals surface area contributed by atoms with Gasteiger partial charge in [0.1, 0.15) is 20.1 Å². The third-order valence-electron chi connectivity index (χ3n) is 7.73. The van der Waals surface area contributed by atoms with E-state index in [-0.39, 0.29) is 0 Å². The summed E-state index contributed by atoms with van der Waals surface area (Å²) >= 11 is 11.7. The maximum atomic E-state index is 6.14. The van der Waals surface area contributed by atoms with Crippen molar-refractivity contribution in [1.82, 2.24) is 9.80 Å². The van der Waals surface area contributed by atoms with Crippen LogP contribution in [-0.2, 0) is 0 Å². The fourth-order valence-electron chi connectivity index (χ4n) is 5.64. The Morgan fingerprint density at radius 3 is 1.34 bits per heavy atom. The van der Waals surface area contributed by atoms with E-state index < -0.39 is 0 Å². The molecule has 2 aromatic carbocycles. The van der Waals surface area contributed by atoms with Crippen molar-refractivity contribution in [3.63, 3.8) is 0 Å². The van der Waals surface area contributed by atoms with Gasteiger partial charge in [0, 0.05) is 35.0 Å². The molecule has 0 atom stereocenters. The Hall–Kier alpha value is -0.580. The van der Waals surface area contributed by atoms with Crippen molar-refractivity contribution in [2.24, 2.45) is 0 Å². The molecule has 0 heterocycles. The molecule has 2 saturated carbocycles. The number of hydrogen-bond donors (Lipinski definition) is 0. The first-order chi connectivity index (χ1) is 20.1. The first-order valence-corrected chi connectivity index (χ1v) is 20.4. The molecule has 9 heteroatoms. The van der Waals surface area contributed by atoms with E-state index in [2.05, 4.69) is 47.9 Å². The van der Waals surface area contributed by atoms with Gasteiger partial charge >= 0.3 is 0 Å². The van der Waals surface area contributed by atoms with Crippen molar-refractivity contribution < 1.29 is 4.74 Å². The van der Waals surface area contributed by atoms with Gasteiger partial charge in [-0.05, 0) is 109 Å². The molecule has 224 valence electrons. The average Bonchev–Trinajstić information content (AvgIpc) is 3.02. The van der Waals surface area contributed by atoms with Gasteiger partial charge < -0.3 is 14.5 Å². The predicted molar refractivity (Wildman–Crippen MR) is 193 cm³/mol. The molecular weight excluding hydrogens is 621 g/mol. The van der Waals surface area contributed by atoms with Gasteiger partial charge in [-0.15, -0.1) is 0 Å². The van der Waals surface area contributed by atoms with Gasteiger partial charge in [0.2, 0.25) is 0 Å². The molecule has 0 radical (unpaired) electrons. The van der Waals surface area contributed by atoms with E-state index >= 15 is 0 Å². The summed E-state index contributed by atoms with van der Waals surface area (Å²) in [6.45, 7) is 6.61. The molecule has 0 aromatic heterocycles. The number of nitrogens with zero attached hydrogens (tertiary/aromatic N) is 2. The van der Waals surface area contributed by atoms with E-state index in [9.17, 15) is 0 Å². The molecule has 2 aliphatic carbocycles. The normalized spacial score (nSPS) is 16.3. The molecule has 0 saturated heterocycles. The molecule has 4 rings (SSSR count). The molecule has 3 nitrogen and oxygen atoms in total. The smallest absolute Gasteiger partial charge is 0.147 e. The van der Waals surface area contributed by atoms with Gasteiger partial charge in [0.05, 0.1) is 0 Å². The SMILES string of the molecule is CCCN(C(=S)SSc1ccc(Oc2ccc(SSC(=S)N(CCC)C3CCCCC3)cc2)cc1)C1CCCCC1. The van der Waals surface area contributed by atoms with Crippen LogP contribution >= 0.6 is 67.6 Å². The van der Waals surface area contributed by atoms with E-state index in [4.69, 9.17) is 29.2 Å². The van der Waals surface area contributed by atoms with Crippen LogP contribution in [0.1, 0.15) is 90.9 Å². The second kappa shape index (κ2) is 18.3. The highest BCUT2D eigenvalue weighted by Gasteiger charge is 2.24. The maximum absolute atomic E-state index is 6.14. The maximum Gasteiger partial charge on any atom is 0.147 e. The Labute approximate surface area is 274 Å². The second-order valence-corrected chi connectivity index (χ2v) is 16.6. The molecule has 2 aromatic rings. The molecule has 0 N–H and O–H groups in total. The number of rotatable bonds is 12. The van der Waals surface area contributed by atoms with Gasteiger partial charge in [0.25, 0.3) is 0 Å². The molecule has 0 spiro atoms. The fraction of sp³-hybridized carbons (Fsp3) is 0.562. The van der Waals surface area contributed by atoms with Crippen molar-refractivity contribution >= 4 is 76.3 Å². The topological polar surface area (TPSA) is 15.7 Å². The van der Waals surface area contributed by atoms with Crippen molar-refractivity contribution in [2.75, 3.05) is 13.1 Å². The summed E-state index contributed by atoms with van der Waals surface area (Å²) in [5, 5.41) is 0. The van der Waals surface area contributed by atoms with Gasteiger partial charge in [-0.2, -0.15) is 0 Å². The highest BCUT2D eigenvalue weighted by molar-refractivity contribution is 8.84. The summed E-state index contributed by atoms with van der Waals surface area (Å²) in [4.78, 5) is 7.34. The highest BCUT2D eigenvalue weighted by Crippen LogP contribution is 2.38. The molecule has 0 aliphatic heterocycles. The van der Waals surface area contributed by atoms with Crippen LogP contribution < -0.4 is 4.74 Å². The molecule has 0 bridgehead atoms. The fourth-order valence-corrected chi connectivity index (χ4v) is 10.5. The second-order valence-electron chi connectivity index (χ2n) is 10.9. The Balaban J connectivity index is 1.23. The summed E-state index contributed by atoms with van der Waals surface area (Å²) in [5.41, 5.74) is 0. The molecule has 41 heavy (non-hydrogen) atoms. The Bertz CT molecular complexity index is 983. The summed E-state index contributed by atoms with van der Waals surface area (Å²) in [5.74, 6) is 1.69. The summed E-state index contributed by atoms with van der Waals surface area (Å²) < 4.78 is 8.18. The minimum Gasteiger partial charge on any atom is -0.457 e. The van der Waals surface area contributed by atoms with Crippen LogP contribution in [-0.4, -0.2) is 43.6 Å². The van der Waals surface area contributed by atoms with E-state index in [0.717, 1.165) is 46.1 Å². The van der Waals surface area contributed by atoms with Crippen LogP contribution in [0.5, 0.6) is 11.5 Å². The largest absolute Gasteiger partial charge is 0.457 e. The summed E-state index contributed by atoms with van der Waals surface area (Å²) in [6.07, 6.45) is 15.5. The number of benzene rings is 2. The van der Waals surface area contributed by atoms with Crippen LogP contribution in [0.2, 0.25) is 0 Å². The van der Waals surface area contributed by atoms with E-state index in [1.165, 1.54) is 74.0 Å². The quantitative estimate of drug-likeness (QED) is 0.161. The van der Waals surface area contributed by atoms with E-state index in [1.807, 2.05) is 24.3 Å². The van der Waals surface area contributed by atoms with Crippen molar-refractivity contribution in [2.45, 2.75) is 113 Å². The first-order valence-electron chi connectivity index (χ1n) is 15.3. The van der Waals surface area contributed by atoms with Crippen LogP contribution in [0.3, 0.4) is 0 Å². The molecule has 2 aliphatic rings. The van der Waals surface area contributed by atoms with Crippen molar-refractivity contribution in [1.29, 1.82) is 0 Å². The van der Waals surface area contributed by atoms with Crippen LogP contribution in [0.4, 0.5) is 0 Å². The number of thiocarbonyl (C=S) groups is 2. The minimum atomic E-state index is 0.623. The van der Waals surface area contributed by atoms with Gasteiger partial charge in [-0.3, -0.25) is 0 Å². The van der Waals surface area contributed by atoms with Gasteiger partial charge in [0.15, 0.2) is 0 Å². The summed E-state index contributed by atoms with van der Waals surface area (Å²) in [6, 6.07) is 17.9. The zero-order chi connectivity index (χ0) is 28.9. The molecule has 0 amide bonds. The van der Waals surface area contributed by atoms with Gasteiger partial charge in [-0.1, -0.05) is 98.4 Å². The molecular formula is C32H44N2OS6. The lowest BCUT2D eigenvalue weighted by Crippen LogP contribution is -2.39. The third-order valence-corrected chi connectivity index (χ3v) is 13.8. The Kier molecular flexibility index (Phi) is 14.9. The van der Waals surface area contributed by atoms with Crippen molar-refractivity contribution in [3.05, 3.63) is 48.5 Å². The monoisotopic (exact) mass is 664 g/mol. The number of hydrogen-bond acceptors (Lipinski definition) is 7. The molecule has 0 unspecified atom stereocenters. The lowest BCUT2D eigenvalue weighted by molar-refractivity contribution is 0.251. The average molecular weight is 665 g/mol. The predicted octanol–water partition coefficient (Wildman–Crippen LogP) is 11.6. The van der Waals surface area contributed by atoms with Crippen molar-refractivity contribution in [3.8, 4) is 11.5 Å². The Morgan fingerprint density at radius 2 is 1.00 bits per heavy atom. The lowest BCUT2D eigenvalue weighted by atomic mass is 9.94. The zero-order valence-corrected chi connectivity index (χ0v) is 29.3. The number of ether oxygens (including phenoxy) is 1. The standard InChI is InChI=1S/C32H44N2OS6/c1-3-23-33(25-11-7-5-8-12-25)31(36)40-38-29-19-15-27(16-20-29)35-28-17-21-30(22-18-28)39-41-32(37)34(24-4-2)26-13-9-6-10-14-26/h15-22,25-26H,3-14,23-24H2,1-2H3. The van der Waals surface area contributed by atoms with E-state index in [1.54, 1.807) is 43.2 Å². The van der Waals surface area contributed by atoms with Crippen LogP contribution in [0, 0.1) is 0 Å². The zero-order valence-electron chi connectivity index (χ0n) is 24.4. The van der Waals surface area contributed by atoms with E-state index in [0.29, 0.717) is 12.1 Å². The highest BCUT2D eigenvalue weighted by atomic mass is 33.1. The Morgan fingerprint density at radius 1 is 0.634 bits per heavy atom. The first kappa shape index (κ1) is 33.3.